The van der Waals surface area contributed by atoms with Crippen molar-refractivity contribution in [3.8, 4) is 0 Å². The Bertz CT molecular complexity index is 1440. The molecule has 0 radical (unpaired) electrons. The largest absolute Gasteiger partial charge is 0.352 e. The standard InChI is InChI=1S/C31H38ClFN6O2/c1-31(2,3)11-14-38-12-9-20(10-13-38)29(40)34-17-22-6-5-21(15-25(22)33)30(41)39-19-23-18-35-37(4)28(23)36-26-16-24(32)7-8-27(26)39/h5-8,15-16,18,20,36H,9-14,17,19H2,1-4H3,(H,34,40). The molecule has 2 N–H and O–H groups in total. The first kappa shape index (κ1) is 29.1. The molecule has 10 heteroatoms. The minimum atomic E-state index is -0.528. The lowest BCUT2D eigenvalue weighted by Gasteiger charge is -2.33. The average molecular weight is 581 g/mol. The Morgan fingerprint density at radius 1 is 1.15 bits per heavy atom. The van der Waals surface area contributed by atoms with E-state index < -0.39 is 5.82 Å². The Kier molecular flexibility index (Phi) is 8.38. The van der Waals surface area contributed by atoms with Gasteiger partial charge in [0.25, 0.3) is 5.91 Å². The third-order valence-corrected chi connectivity index (χ3v) is 8.22. The van der Waals surface area contributed by atoms with Gasteiger partial charge >= 0.3 is 0 Å². The normalized spacial score (nSPS) is 16.0. The Morgan fingerprint density at radius 3 is 2.61 bits per heavy atom. The summed E-state index contributed by atoms with van der Waals surface area (Å²) in [6.45, 7) is 9.93. The summed E-state index contributed by atoms with van der Waals surface area (Å²) in [7, 11) is 1.82. The molecule has 8 nitrogen and oxygen atoms in total. The smallest absolute Gasteiger partial charge is 0.258 e. The van der Waals surface area contributed by atoms with Gasteiger partial charge in [0.1, 0.15) is 11.6 Å². The first-order valence-electron chi connectivity index (χ1n) is 14.2. The highest BCUT2D eigenvalue weighted by Crippen LogP contribution is 2.38. The summed E-state index contributed by atoms with van der Waals surface area (Å²) >= 11 is 6.24. The van der Waals surface area contributed by atoms with Crippen LogP contribution in [-0.4, -0.2) is 46.1 Å². The quantitative estimate of drug-likeness (QED) is 0.380. The minimum Gasteiger partial charge on any atom is -0.352 e. The first-order valence-corrected chi connectivity index (χ1v) is 14.5. The van der Waals surface area contributed by atoms with Gasteiger partial charge in [0.15, 0.2) is 0 Å². The topological polar surface area (TPSA) is 82.5 Å². The number of aromatic nitrogens is 2. The van der Waals surface area contributed by atoms with Crippen molar-refractivity contribution in [2.75, 3.05) is 29.9 Å². The summed E-state index contributed by atoms with van der Waals surface area (Å²) in [6, 6.07) is 9.68. The monoisotopic (exact) mass is 580 g/mol. The summed E-state index contributed by atoms with van der Waals surface area (Å²) in [5.74, 6) is -0.219. The van der Waals surface area contributed by atoms with Crippen molar-refractivity contribution >= 4 is 40.6 Å². The SMILES string of the molecule is Cn1ncc2c1Nc1cc(Cl)ccc1N(C(=O)c1ccc(CNC(=O)C3CCN(CCC(C)(C)C)CC3)c(F)c1)C2. The highest BCUT2D eigenvalue weighted by atomic mass is 35.5. The third kappa shape index (κ3) is 6.73. The summed E-state index contributed by atoms with van der Waals surface area (Å²) in [4.78, 5) is 30.5. The van der Waals surface area contributed by atoms with E-state index in [1.807, 2.05) is 7.05 Å². The van der Waals surface area contributed by atoms with E-state index in [0.29, 0.717) is 27.4 Å². The second-order valence-electron chi connectivity index (χ2n) is 12.3. The number of halogens is 2. The van der Waals surface area contributed by atoms with Crippen LogP contribution < -0.4 is 15.5 Å². The minimum absolute atomic E-state index is 0.0420. The number of aryl methyl sites for hydroxylation is 1. The van der Waals surface area contributed by atoms with Crippen molar-refractivity contribution in [3.63, 3.8) is 0 Å². The molecule has 2 aromatic carbocycles. The van der Waals surface area contributed by atoms with E-state index in [1.54, 1.807) is 46.1 Å². The molecular weight excluding hydrogens is 543 g/mol. The fourth-order valence-corrected chi connectivity index (χ4v) is 5.56. The fraction of sp³-hybridized carbons (Fsp3) is 0.452. The Labute approximate surface area is 245 Å². The number of piperidine rings is 1. The van der Waals surface area contributed by atoms with Crippen LogP contribution in [-0.2, 0) is 24.9 Å². The molecule has 2 aliphatic heterocycles. The van der Waals surface area contributed by atoms with Crippen molar-refractivity contribution in [1.29, 1.82) is 0 Å². The maximum Gasteiger partial charge on any atom is 0.258 e. The lowest BCUT2D eigenvalue weighted by molar-refractivity contribution is -0.126. The zero-order chi connectivity index (χ0) is 29.3. The highest BCUT2D eigenvalue weighted by molar-refractivity contribution is 6.31. The van der Waals surface area contributed by atoms with Gasteiger partial charge in [-0.2, -0.15) is 5.10 Å². The third-order valence-electron chi connectivity index (χ3n) is 7.98. The van der Waals surface area contributed by atoms with Gasteiger partial charge in [0.2, 0.25) is 5.91 Å². The lowest BCUT2D eigenvalue weighted by atomic mass is 9.90. The van der Waals surface area contributed by atoms with E-state index in [0.717, 1.165) is 50.3 Å². The number of carbonyl (C=O) groups excluding carboxylic acids is 2. The van der Waals surface area contributed by atoms with Gasteiger partial charge in [-0.1, -0.05) is 38.4 Å². The van der Waals surface area contributed by atoms with E-state index in [2.05, 4.69) is 41.4 Å². The molecule has 1 saturated heterocycles. The van der Waals surface area contributed by atoms with Gasteiger partial charge < -0.3 is 20.4 Å². The van der Waals surface area contributed by atoms with Gasteiger partial charge in [-0.05, 0) is 74.6 Å². The molecule has 5 rings (SSSR count). The number of likely N-dealkylation sites (tertiary alicyclic amines) is 1. The zero-order valence-corrected chi connectivity index (χ0v) is 24.9. The lowest BCUT2D eigenvalue weighted by Crippen LogP contribution is -2.41. The van der Waals surface area contributed by atoms with Crippen LogP contribution in [0.15, 0.2) is 42.6 Å². The number of amides is 2. The second-order valence-corrected chi connectivity index (χ2v) is 12.7. The van der Waals surface area contributed by atoms with Crippen LogP contribution in [0.3, 0.4) is 0 Å². The van der Waals surface area contributed by atoms with Gasteiger partial charge in [-0.25, -0.2) is 4.39 Å². The molecule has 218 valence electrons. The van der Waals surface area contributed by atoms with E-state index in [4.69, 9.17) is 11.6 Å². The number of hydrogen-bond acceptors (Lipinski definition) is 5. The molecule has 0 bridgehead atoms. The van der Waals surface area contributed by atoms with Crippen molar-refractivity contribution in [3.05, 3.63) is 70.1 Å². The summed E-state index contributed by atoms with van der Waals surface area (Å²) in [6.07, 6.45) is 4.45. The average Bonchev–Trinajstić information content (AvgIpc) is 3.18. The fourth-order valence-electron chi connectivity index (χ4n) is 5.39. The first-order chi connectivity index (χ1) is 19.5. The number of anilines is 3. The molecule has 2 aliphatic rings. The van der Waals surface area contributed by atoms with Crippen LogP contribution >= 0.6 is 11.6 Å². The van der Waals surface area contributed by atoms with Crippen LogP contribution in [0, 0.1) is 17.2 Å². The molecule has 0 spiro atoms. The second kappa shape index (κ2) is 11.8. The number of fused-ring (bicyclic) bond motifs is 2. The van der Waals surface area contributed by atoms with E-state index >= 15 is 4.39 Å². The van der Waals surface area contributed by atoms with Crippen molar-refractivity contribution in [1.82, 2.24) is 20.0 Å². The predicted molar refractivity (Wildman–Crippen MR) is 160 cm³/mol. The van der Waals surface area contributed by atoms with Crippen molar-refractivity contribution in [2.45, 2.75) is 53.1 Å². The van der Waals surface area contributed by atoms with Gasteiger partial charge in [-0.15, -0.1) is 0 Å². The van der Waals surface area contributed by atoms with Crippen LogP contribution in [0.4, 0.5) is 21.6 Å². The summed E-state index contributed by atoms with van der Waals surface area (Å²) < 4.78 is 16.9. The number of carbonyl (C=O) groups is 2. The Balaban J connectivity index is 1.23. The maximum atomic E-state index is 15.2. The van der Waals surface area contributed by atoms with Crippen LogP contribution in [0.5, 0.6) is 0 Å². The zero-order valence-electron chi connectivity index (χ0n) is 24.1. The molecule has 0 saturated carbocycles. The van der Waals surface area contributed by atoms with Gasteiger partial charge in [-0.3, -0.25) is 14.3 Å². The Hall–Kier alpha value is -3.43. The number of hydrogen-bond donors (Lipinski definition) is 2. The molecule has 0 atom stereocenters. The van der Waals surface area contributed by atoms with Crippen LogP contribution in [0.2, 0.25) is 5.02 Å². The number of rotatable bonds is 6. The van der Waals surface area contributed by atoms with Crippen LogP contribution in [0.25, 0.3) is 0 Å². The molecule has 0 aliphatic carbocycles. The molecular formula is C31H38ClFN6O2. The number of nitrogens with one attached hydrogen (secondary N) is 2. The van der Waals surface area contributed by atoms with Crippen molar-refractivity contribution in [2.24, 2.45) is 18.4 Å². The Morgan fingerprint density at radius 2 is 1.90 bits per heavy atom. The molecule has 3 aromatic rings. The molecule has 41 heavy (non-hydrogen) atoms. The number of nitrogens with zero attached hydrogens (tertiary/aromatic N) is 4. The van der Waals surface area contributed by atoms with Crippen molar-refractivity contribution < 1.29 is 14.0 Å². The van der Waals surface area contributed by atoms with E-state index in [-0.39, 0.29) is 36.4 Å². The number of benzene rings is 2. The van der Waals surface area contributed by atoms with Crippen LogP contribution in [0.1, 0.15) is 61.5 Å². The summed E-state index contributed by atoms with van der Waals surface area (Å²) in [5.41, 5.74) is 2.98. The van der Waals surface area contributed by atoms with E-state index in [9.17, 15) is 9.59 Å². The highest BCUT2D eigenvalue weighted by Gasteiger charge is 2.28. The molecule has 1 fully saturated rings. The molecule has 2 amide bonds. The molecule has 1 aromatic heterocycles. The van der Waals surface area contributed by atoms with Gasteiger partial charge in [0, 0.05) is 41.2 Å². The predicted octanol–water partition coefficient (Wildman–Crippen LogP) is 5.88. The maximum absolute atomic E-state index is 15.2. The molecule has 0 unspecified atom stereocenters. The van der Waals surface area contributed by atoms with Gasteiger partial charge in [0.05, 0.1) is 24.1 Å². The van der Waals surface area contributed by atoms with E-state index in [1.165, 1.54) is 6.07 Å². The molecule has 3 heterocycles. The summed E-state index contributed by atoms with van der Waals surface area (Å²) in [5, 5.41) is 11.1.